The van der Waals surface area contributed by atoms with Gasteiger partial charge in [0.05, 0.1) is 4.88 Å². The summed E-state index contributed by atoms with van der Waals surface area (Å²) >= 11 is 1.43. The molecular formula is C23H30N4O2S. The summed E-state index contributed by atoms with van der Waals surface area (Å²) in [4.78, 5) is 32.8. The minimum absolute atomic E-state index is 0.0307. The lowest BCUT2D eigenvalue weighted by molar-refractivity contribution is -0.125. The first kappa shape index (κ1) is 21.0. The van der Waals surface area contributed by atoms with E-state index in [4.69, 9.17) is 0 Å². The maximum atomic E-state index is 12.8. The Kier molecular flexibility index (Phi) is 6.82. The SMILES string of the molecule is CN1CCN(Cc2cccc(CNC(=O)[C@@H]3CCCN3C(=O)c3cccs3)c2)CC1. The molecule has 0 saturated carbocycles. The summed E-state index contributed by atoms with van der Waals surface area (Å²) in [7, 11) is 2.17. The van der Waals surface area contributed by atoms with Crippen molar-refractivity contribution in [2.24, 2.45) is 0 Å². The van der Waals surface area contributed by atoms with Crippen molar-refractivity contribution in [1.82, 2.24) is 20.0 Å². The van der Waals surface area contributed by atoms with Gasteiger partial charge >= 0.3 is 0 Å². The van der Waals surface area contributed by atoms with Gasteiger partial charge in [-0.3, -0.25) is 14.5 Å². The van der Waals surface area contributed by atoms with Gasteiger partial charge in [-0.2, -0.15) is 0 Å². The van der Waals surface area contributed by atoms with Crippen molar-refractivity contribution < 1.29 is 9.59 Å². The topological polar surface area (TPSA) is 55.9 Å². The zero-order valence-electron chi connectivity index (χ0n) is 17.5. The summed E-state index contributed by atoms with van der Waals surface area (Å²) in [6, 6.07) is 11.8. The molecule has 2 aliphatic rings. The van der Waals surface area contributed by atoms with Crippen LogP contribution in [0, 0.1) is 0 Å². The number of carbonyl (C=O) groups is 2. The van der Waals surface area contributed by atoms with Gasteiger partial charge in [-0.05, 0) is 42.5 Å². The molecule has 30 heavy (non-hydrogen) atoms. The lowest BCUT2D eigenvalue weighted by Gasteiger charge is -2.32. The molecule has 0 bridgehead atoms. The highest BCUT2D eigenvalue weighted by molar-refractivity contribution is 7.12. The van der Waals surface area contributed by atoms with E-state index >= 15 is 0 Å². The molecule has 2 aliphatic heterocycles. The molecule has 2 amide bonds. The number of hydrogen-bond donors (Lipinski definition) is 1. The van der Waals surface area contributed by atoms with Gasteiger partial charge in [0.15, 0.2) is 0 Å². The number of hydrogen-bond acceptors (Lipinski definition) is 5. The first-order valence-electron chi connectivity index (χ1n) is 10.7. The van der Waals surface area contributed by atoms with Gasteiger partial charge < -0.3 is 15.1 Å². The lowest BCUT2D eigenvalue weighted by atomic mass is 10.1. The first-order valence-corrected chi connectivity index (χ1v) is 11.6. The van der Waals surface area contributed by atoms with E-state index in [1.165, 1.54) is 16.9 Å². The normalized spacial score (nSPS) is 20.4. The molecule has 2 saturated heterocycles. The molecule has 0 unspecified atom stereocenters. The number of piperazine rings is 1. The Morgan fingerprint density at radius 2 is 1.87 bits per heavy atom. The van der Waals surface area contributed by atoms with Crippen LogP contribution in [0.3, 0.4) is 0 Å². The van der Waals surface area contributed by atoms with E-state index < -0.39 is 0 Å². The zero-order valence-corrected chi connectivity index (χ0v) is 18.4. The Morgan fingerprint density at radius 3 is 2.63 bits per heavy atom. The number of likely N-dealkylation sites (N-methyl/N-ethyl adjacent to an activating group) is 1. The van der Waals surface area contributed by atoms with Crippen LogP contribution >= 0.6 is 11.3 Å². The highest BCUT2D eigenvalue weighted by Gasteiger charge is 2.34. The fraction of sp³-hybridized carbons (Fsp3) is 0.478. The standard InChI is InChI=1S/C23H30N4O2S/c1-25-10-12-26(13-11-25)17-19-6-2-5-18(15-19)16-24-22(28)20-7-3-9-27(20)23(29)21-8-4-14-30-21/h2,4-6,8,14-15,20H,3,7,9-13,16-17H2,1H3,(H,24,28)/t20-/m0/s1. The van der Waals surface area contributed by atoms with Crippen LogP contribution < -0.4 is 5.32 Å². The Morgan fingerprint density at radius 1 is 1.07 bits per heavy atom. The van der Waals surface area contributed by atoms with Gasteiger partial charge in [-0.15, -0.1) is 11.3 Å². The van der Waals surface area contributed by atoms with Gasteiger partial charge in [0, 0.05) is 45.8 Å². The summed E-state index contributed by atoms with van der Waals surface area (Å²) in [6.07, 6.45) is 1.60. The summed E-state index contributed by atoms with van der Waals surface area (Å²) in [5, 5.41) is 4.95. The minimum atomic E-state index is -0.367. The van der Waals surface area contributed by atoms with Gasteiger partial charge in [0.25, 0.3) is 5.91 Å². The van der Waals surface area contributed by atoms with Gasteiger partial charge in [0.2, 0.25) is 5.91 Å². The third-order valence-electron chi connectivity index (χ3n) is 6.01. The van der Waals surface area contributed by atoms with Crippen LogP contribution in [-0.2, 0) is 17.9 Å². The molecule has 0 radical (unpaired) electrons. The highest BCUT2D eigenvalue weighted by atomic mass is 32.1. The summed E-state index contributed by atoms with van der Waals surface area (Å²) in [6.45, 7) is 6.49. The maximum Gasteiger partial charge on any atom is 0.264 e. The third kappa shape index (κ3) is 5.09. The van der Waals surface area contributed by atoms with E-state index in [-0.39, 0.29) is 17.9 Å². The molecule has 1 atom stereocenters. The van der Waals surface area contributed by atoms with Crippen molar-refractivity contribution in [3.8, 4) is 0 Å². The Bertz CT molecular complexity index is 862. The first-order chi connectivity index (χ1) is 14.6. The summed E-state index contributed by atoms with van der Waals surface area (Å²) in [5.74, 6) is -0.0845. The van der Waals surface area contributed by atoms with Gasteiger partial charge in [-0.1, -0.05) is 30.3 Å². The van der Waals surface area contributed by atoms with Crippen LogP contribution in [0.25, 0.3) is 0 Å². The molecule has 6 nitrogen and oxygen atoms in total. The van der Waals surface area contributed by atoms with Crippen molar-refractivity contribution in [2.75, 3.05) is 39.8 Å². The van der Waals surface area contributed by atoms with Crippen molar-refractivity contribution in [2.45, 2.75) is 32.0 Å². The second kappa shape index (κ2) is 9.73. The molecule has 0 aliphatic carbocycles. The molecular weight excluding hydrogens is 396 g/mol. The fourth-order valence-corrected chi connectivity index (χ4v) is 4.91. The Labute approximate surface area is 182 Å². The number of carbonyl (C=O) groups excluding carboxylic acids is 2. The van der Waals surface area contributed by atoms with E-state index in [0.29, 0.717) is 18.0 Å². The molecule has 0 spiro atoms. The average molecular weight is 427 g/mol. The van der Waals surface area contributed by atoms with E-state index in [1.54, 1.807) is 4.90 Å². The quantitative estimate of drug-likeness (QED) is 0.771. The number of nitrogens with one attached hydrogen (secondary N) is 1. The Hall–Kier alpha value is -2.22. The number of likely N-dealkylation sites (tertiary alicyclic amines) is 1. The van der Waals surface area contributed by atoms with Crippen LogP contribution in [0.5, 0.6) is 0 Å². The second-order valence-electron chi connectivity index (χ2n) is 8.25. The van der Waals surface area contributed by atoms with Crippen molar-refractivity contribution >= 4 is 23.2 Å². The van der Waals surface area contributed by atoms with E-state index in [9.17, 15) is 9.59 Å². The van der Waals surface area contributed by atoms with E-state index in [1.807, 2.05) is 17.5 Å². The number of amides is 2. The van der Waals surface area contributed by atoms with Crippen LogP contribution in [0.4, 0.5) is 0 Å². The van der Waals surface area contributed by atoms with Crippen LogP contribution in [0.15, 0.2) is 41.8 Å². The van der Waals surface area contributed by atoms with Crippen molar-refractivity contribution in [3.05, 3.63) is 57.8 Å². The number of thiophene rings is 1. The summed E-state index contributed by atoms with van der Waals surface area (Å²) in [5.41, 5.74) is 2.38. The second-order valence-corrected chi connectivity index (χ2v) is 9.20. The molecule has 4 rings (SSSR count). The number of benzene rings is 1. The molecule has 2 fully saturated rings. The van der Waals surface area contributed by atoms with E-state index in [2.05, 4.69) is 46.4 Å². The van der Waals surface area contributed by atoms with Gasteiger partial charge in [0.1, 0.15) is 6.04 Å². The summed E-state index contributed by atoms with van der Waals surface area (Å²) < 4.78 is 0. The molecule has 3 heterocycles. The molecule has 1 aromatic heterocycles. The van der Waals surface area contributed by atoms with Crippen LogP contribution in [-0.4, -0.2) is 72.3 Å². The molecule has 160 valence electrons. The minimum Gasteiger partial charge on any atom is -0.350 e. The number of rotatable bonds is 6. The predicted octanol–water partition coefficient (Wildman–Crippen LogP) is 2.42. The van der Waals surface area contributed by atoms with Gasteiger partial charge in [-0.25, -0.2) is 0 Å². The molecule has 2 aromatic rings. The maximum absolute atomic E-state index is 12.8. The fourth-order valence-electron chi connectivity index (χ4n) is 4.23. The van der Waals surface area contributed by atoms with Crippen LogP contribution in [0.2, 0.25) is 0 Å². The molecule has 1 aromatic carbocycles. The van der Waals surface area contributed by atoms with Crippen molar-refractivity contribution in [1.29, 1.82) is 0 Å². The smallest absolute Gasteiger partial charge is 0.264 e. The highest BCUT2D eigenvalue weighted by Crippen LogP contribution is 2.22. The van der Waals surface area contributed by atoms with E-state index in [0.717, 1.165) is 51.1 Å². The largest absolute Gasteiger partial charge is 0.350 e. The molecule has 1 N–H and O–H groups in total. The zero-order chi connectivity index (χ0) is 20.9. The monoisotopic (exact) mass is 426 g/mol. The van der Waals surface area contributed by atoms with Crippen LogP contribution in [0.1, 0.15) is 33.6 Å². The van der Waals surface area contributed by atoms with Crippen molar-refractivity contribution in [3.63, 3.8) is 0 Å². The lowest BCUT2D eigenvalue weighted by Crippen LogP contribution is -2.45. The molecule has 7 heteroatoms. The average Bonchev–Trinajstić information content (AvgIpc) is 3.46. The Balaban J connectivity index is 1.32. The number of nitrogens with zero attached hydrogens (tertiary/aromatic N) is 3. The third-order valence-corrected chi connectivity index (χ3v) is 6.87. The predicted molar refractivity (Wildman–Crippen MR) is 119 cm³/mol.